The summed E-state index contributed by atoms with van der Waals surface area (Å²) < 4.78 is 0.882. The van der Waals surface area contributed by atoms with Crippen molar-refractivity contribution in [2.24, 2.45) is 0 Å². The number of amides is 1. The number of para-hydroxylation sites is 1. The first kappa shape index (κ1) is 10.6. The summed E-state index contributed by atoms with van der Waals surface area (Å²) in [6.45, 7) is 0.679. The van der Waals surface area contributed by atoms with Crippen LogP contribution in [0.2, 0.25) is 0 Å². The molecule has 80 valence electrons. The summed E-state index contributed by atoms with van der Waals surface area (Å²) in [5.74, 6) is -0.201. The number of nitrogens with zero attached hydrogens (tertiary/aromatic N) is 1. The van der Waals surface area contributed by atoms with Gasteiger partial charge in [-0.25, -0.2) is 0 Å². The van der Waals surface area contributed by atoms with Crippen molar-refractivity contribution in [2.45, 2.75) is 18.9 Å². The zero-order valence-corrected chi connectivity index (χ0v) is 9.77. The molecule has 0 bridgehead atoms. The average molecular weight is 270 g/mol. The Morgan fingerprint density at radius 1 is 1.40 bits per heavy atom. The van der Waals surface area contributed by atoms with E-state index in [0.29, 0.717) is 13.0 Å². The van der Waals surface area contributed by atoms with E-state index in [2.05, 4.69) is 15.9 Å². The highest BCUT2D eigenvalue weighted by atomic mass is 79.9. The number of hydrogen-bond donors (Lipinski definition) is 1. The molecule has 15 heavy (non-hydrogen) atoms. The summed E-state index contributed by atoms with van der Waals surface area (Å²) in [5, 5.41) is 9.49. The average Bonchev–Trinajstić information content (AvgIpc) is 2.23. The molecule has 1 N–H and O–H groups in total. The van der Waals surface area contributed by atoms with Gasteiger partial charge in [-0.15, -0.1) is 0 Å². The van der Waals surface area contributed by atoms with Crippen molar-refractivity contribution < 1.29 is 9.90 Å². The van der Waals surface area contributed by atoms with E-state index in [1.807, 2.05) is 24.3 Å². The van der Waals surface area contributed by atoms with Crippen molar-refractivity contribution in [1.82, 2.24) is 0 Å². The quantitative estimate of drug-likeness (QED) is 0.847. The van der Waals surface area contributed by atoms with Crippen LogP contribution < -0.4 is 4.90 Å². The van der Waals surface area contributed by atoms with Crippen LogP contribution in [-0.4, -0.2) is 23.7 Å². The van der Waals surface area contributed by atoms with Gasteiger partial charge in [0.2, 0.25) is 0 Å². The summed E-state index contributed by atoms with van der Waals surface area (Å²) in [5.41, 5.74) is 0.834. The molecule has 1 saturated heterocycles. The molecule has 4 heteroatoms. The minimum atomic E-state index is -0.842. The molecular weight excluding hydrogens is 258 g/mol. The van der Waals surface area contributed by atoms with E-state index in [1.165, 1.54) is 0 Å². The lowest BCUT2D eigenvalue weighted by Gasteiger charge is -2.30. The van der Waals surface area contributed by atoms with Crippen LogP contribution in [0.4, 0.5) is 5.69 Å². The summed E-state index contributed by atoms with van der Waals surface area (Å²) >= 11 is 3.40. The standard InChI is InChI=1S/C11H12BrNO2/c12-8-4-1-2-5-9(8)13-7-3-6-10(14)11(13)15/h1-2,4-5,10,14H,3,6-7H2. The van der Waals surface area contributed by atoms with E-state index in [9.17, 15) is 9.90 Å². The van der Waals surface area contributed by atoms with Gasteiger partial charge in [0.05, 0.1) is 5.69 Å². The van der Waals surface area contributed by atoms with Crippen molar-refractivity contribution in [3.05, 3.63) is 28.7 Å². The summed E-state index contributed by atoms with van der Waals surface area (Å²) in [7, 11) is 0. The van der Waals surface area contributed by atoms with Gasteiger partial charge in [0, 0.05) is 11.0 Å². The lowest BCUT2D eigenvalue weighted by atomic mass is 10.1. The van der Waals surface area contributed by atoms with Crippen LogP contribution in [0.1, 0.15) is 12.8 Å². The third-order valence-electron chi connectivity index (χ3n) is 2.55. The number of aliphatic hydroxyl groups excluding tert-OH is 1. The smallest absolute Gasteiger partial charge is 0.255 e. The Labute approximate surface area is 96.8 Å². The molecule has 1 aromatic rings. The third kappa shape index (κ3) is 2.06. The number of carbonyl (C=O) groups excluding carboxylic acids is 1. The molecule has 1 amide bonds. The topological polar surface area (TPSA) is 40.5 Å². The van der Waals surface area contributed by atoms with Gasteiger partial charge in [0.15, 0.2) is 0 Å². The second-order valence-corrected chi connectivity index (χ2v) is 4.45. The molecular formula is C11H12BrNO2. The molecule has 2 rings (SSSR count). The maximum absolute atomic E-state index is 11.7. The summed E-state index contributed by atoms with van der Waals surface area (Å²) in [6, 6.07) is 7.55. The molecule has 1 aromatic carbocycles. The van der Waals surface area contributed by atoms with Gasteiger partial charge in [0.25, 0.3) is 5.91 Å². The van der Waals surface area contributed by atoms with Crippen LogP contribution in [0.25, 0.3) is 0 Å². The Balaban J connectivity index is 2.30. The van der Waals surface area contributed by atoms with E-state index >= 15 is 0 Å². The molecule has 0 spiro atoms. The Kier molecular flexibility index (Phi) is 3.07. The number of carbonyl (C=O) groups is 1. The van der Waals surface area contributed by atoms with E-state index < -0.39 is 6.10 Å². The monoisotopic (exact) mass is 269 g/mol. The molecule has 1 heterocycles. The highest BCUT2D eigenvalue weighted by Crippen LogP contribution is 2.28. The number of aliphatic hydroxyl groups is 1. The molecule has 1 aliphatic rings. The Hall–Kier alpha value is -0.870. The molecule has 0 saturated carbocycles. The van der Waals surface area contributed by atoms with Crippen LogP contribution in [0, 0.1) is 0 Å². The molecule has 1 atom stereocenters. The minimum Gasteiger partial charge on any atom is -0.383 e. The lowest BCUT2D eigenvalue weighted by molar-refractivity contribution is -0.128. The van der Waals surface area contributed by atoms with Crippen molar-refractivity contribution >= 4 is 27.5 Å². The lowest BCUT2D eigenvalue weighted by Crippen LogP contribution is -2.44. The van der Waals surface area contributed by atoms with E-state index in [0.717, 1.165) is 16.6 Å². The van der Waals surface area contributed by atoms with Gasteiger partial charge >= 0.3 is 0 Å². The SMILES string of the molecule is O=C1C(O)CCCN1c1ccccc1Br. The highest BCUT2D eigenvalue weighted by Gasteiger charge is 2.28. The van der Waals surface area contributed by atoms with Crippen molar-refractivity contribution in [3.8, 4) is 0 Å². The van der Waals surface area contributed by atoms with Gasteiger partial charge in [-0.3, -0.25) is 4.79 Å². The zero-order chi connectivity index (χ0) is 10.8. The third-order valence-corrected chi connectivity index (χ3v) is 3.22. The molecule has 1 aliphatic heterocycles. The summed E-state index contributed by atoms with van der Waals surface area (Å²) in [4.78, 5) is 13.4. The van der Waals surface area contributed by atoms with Crippen LogP contribution in [0.5, 0.6) is 0 Å². The van der Waals surface area contributed by atoms with Crippen LogP contribution in [0.3, 0.4) is 0 Å². The fraction of sp³-hybridized carbons (Fsp3) is 0.364. The van der Waals surface area contributed by atoms with Gasteiger partial charge in [-0.2, -0.15) is 0 Å². The summed E-state index contributed by atoms with van der Waals surface area (Å²) in [6.07, 6.45) is 0.569. The Morgan fingerprint density at radius 3 is 2.87 bits per heavy atom. The molecule has 0 aliphatic carbocycles. The Morgan fingerprint density at radius 2 is 2.13 bits per heavy atom. The molecule has 1 unspecified atom stereocenters. The first-order chi connectivity index (χ1) is 7.20. The van der Waals surface area contributed by atoms with Gasteiger partial charge in [-0.05, 0) is 40.9 Å². The molecule has 0 radical (unpaired) electrons. The predicted molar refractivity (Wildman–Crippen MR) is 61.7 cm³/mol. The maximum Gasteiger partial charge on any atom is 0.255 e. The number of anilines is 1. The van der Waals surface area contributed by atoms with Crippen LogP contribution in [-0.2, 0) is 4.79 Å². The van der Waals surface area contributed by atoms with Crippen LogP contribution in [0.15, 0.2) is 28.7 Å². The zero-order valence-electron chi connectivity index (χ0n) is 8.19. The van der Waals surface area contributed by atoms with Crippen molar-refractivity contribution in [3.63, 3.8) is 0 Å². The second kappa shape index (κ2) is 4.33. The first-order valence-electron chi connectivity index (χ1n) is 4.94. The number of benzene rings is 1. The van der Waals surface area contributed by atoms with E-state index in [-0.39, 0.29) is 5.91 Å². The predicted octanol–water partition coefficient (Wildman–Crippen LogP) is 1.94. The van der Waals surface area contributed by atoms with Crippen molar-refractivity contribution in [1.29, 1.82) is 0 Å². The molecule has 3 nitrogen and oxygen atoms in total. The molecule has 0 aromatic heterocycles. The van der Waals surface area contributed by atoms with E-state index in [4.69, 9.17) is 0 Å². The maximum atomic E-state index is 11.7. The largest absolute Gasteiger partial charge is 0.383 e. The first-order valence-corrected chi connectivity index (χ1v) is 5.73. The fourth-order valence-electron chi connectivity index (χ4n) is 1.77. The van der Waals surface area contributed by atoms with E-state index in [1.54, 1.807) is 4.90 Å². The fourth-order valence-corrected chi connectivity index (χ4v) is 2.26. The molecule has 1 fully saturated rings. The van der Waals surface area contributed by atoms with Gasteiger partial charge in [0.1, 0.15) is 6.10 Å². The normalized spacial score (nSPS) is 21.9. The highest BCUT2D eigenvalue weighted by molar-refractivity contribution is 9.10. The number of halogens is 1. The van der Waals surface area contributed by atoms with Crippen molar-refractivity contribution in [2.75, 3.05) is 11.4 Å². The van der Waals surface area contributed by atoms with Gasteiger partial charge in [-0.1, -0.05) is 12.1 Å². The number of rotatable bonds is 1. The van der Waals surface area contributed by atoms with Crippen LogP contribution >= 0.6 is 15.9 Å². The Bertz CT molecular complexity index is 381. The number of hydrogen-bond acceptors (Lipinski definition) is 2. The minimum absolute atomic E-state index is 0.201. The second-order valence-electron chi connectivity index (χ2n) is 3.60. The number of piperidine rings is 1. The van der Waals surface area contributed by atoms with Gasteiger partial charge < -0.3 is 10.0 Å².